The number of carbonyl (C=O) groups is 2. The maximum Gasteiger partial charge on any atom is 0.237 e. The summed E-state index contributed by atoms with van der Waals surface area (Å²) in [5.41, 5.74) is 7.91. The van der Waals surface area contributed by atoms with Gasteiger partial charge < -0.3 is 21.1 Å². The van der Waals surface area contributed by atoms with Gasteiger partial charge in [0.15, 0.2) is 0 Å². The molecule has 6 nitrogen and oxygen atoms in total. The number of ether oxygens (including phenoxy) is 1. The Morgan fingerprint density at radius 1 is 1.00 bits per heavy atom. The van der Waals surface area contributed by atoms with Crippen LogP contribution in [0.3, 0.4) is 0 Å². The molecule has 4 atom stereocenters. The van der Waals surface area contributed by atoms with Gasteiger partial charge in [0.05, 0.1) is 24.6 Å². The summed E-state index contributed by atoms with van der Waals surface area (Å²) in [4.78, 5) is 25.5. The van der Waals surface area contributed by atoms with Crippen molar-refractivity contribution in [3.05, 3.63) is 65.7 Å². The fraction of sp³-hybridized carbons (Fsp3) is 0.500. The van der Waals surface area contributed by atoms with Crippen molar-refractivity contribution in [3.63, 3.8) is 0 Å². The van der Waals surface area contributed by atoms with Crippen LogP contribution in [0.5, 0.6) is 5.75 Å². The van der Waals surface area contributed by atoms with Crippen LogP contribution >= 0.6 is 0 Å². The van der Waals surface area contributed by atoms with E-state index in [1.807, 2.05) is 61.5 Å². The molecule has 2 aromatic rings. The molecular weight excluding hydrogens is 426 g/mol. The van der Waals surface area contributed by atoms with Crippen LogP contribution in [0.2, 0.25) is 0 Å². The first kappa shape index (κ1) is 25.8. The Morgan fingerprint density at radius 2 is 1.68 bits per heavy atom. The number of hydrogen-bond acceptors (Lipinski definition) is 4. The van der Waals surface area contributed by atoms with E-state index in [1.165, 1.54) is 0 Å². The highest BCUT2D eigenvalue weighted by Gasteiger charge is 2.33. The summed E-state index contributed by atoms with van der Waals surface area (Å²) in [7, 11) is 0. The number of amides is 2. The third-order valence-corrected chi connectivity index (χ3v) is 6.52. The van der Waals surface area contributed by atoms with Gasteiger partial charge in [0, 0.05) is 6.54 Å². The maximum absolute atomic E-state index is 13.1. The summed E-state index contributed by atoms with van der Waals surface area (Å²) >= 11 is 0. The second-order valence-electron chi connectivity index (χ2n) is 9.58. The van der Waals surface area contributed by atoms with E-state index in [4.69, 9.17) is 10.5 Å². The van der Waals surface area contributed by atoms with Gasteiger partial charge in [-0.3, -0.25) is 9.59 Å². The molecule has 34 heavy (non-hydrogen) atoms. The number of rotatable bonds is 13. The van der Waals surface area contributed by atoms with E-state index >= 15 is 0 Å². The fourth-order valence-electron chi connectivity index (χ4n) is 4.04. The van der Waals surface area contributed by atoms with Gasteiger partial charge in [-0.1, -0.05) is 62.7 Å². The summed E-state index contributed by atoms with van der Waals surface area (Å²) in [6, 6.07) is 16.6. The Hall–Kier alpha value is -2.86. The number of nitrogens with one attached hydrogen (secondary N) is 2. The molecule has 184 valence electrons. The number of carbonyl (C=O) groups excluding carboxylic acids is 2. The molecule has 1 aliphatic rings. The minimum atomic E-state index is -0.486. The number of hydrogen-bond donors (Lipinski definition) is 3. The molecule has 0 radical (unpaired) electrons. The lowest BCUT2D eigenvalue weighted by molar-refractivity contribution is -0.125. The second kappa shape index (κ2) is 12.6. The lowest BCUT2D eigenvalue weighted by atomic mass is 9.99. The third-order valence-electron chi connectivity index (χ3n) is 6.52. The molecule has 0 aromatic heterocycles. The average Bonchev–Trinajstić information content (AvgIpc) is 3.70. The highest BCUT2D eigenvalue weighted by Crippen LogP contribution is 2.31. The molecular formula is C28H39N3O3. The van der Waals surface area contributed by atoms with Crippen LogP contribution in [-0.4, -0.2) is 31.0 Å². The molecule has 1 saturated carbocycles. The smallest absolute Gasteiger partial charge is 0.237 e. The Labute approximate surface area is 203 Å². The highest BCUT2D eigenvalue weighted by atomic mass is 16.5. The zero-order valence-corrected chi connectivity index (χ0v) is 20.6. The lowest BCUT2D eigenvalue weighted by Gasteiger charge is -2.23. The highest BCUT2D eigenvalue weighted by molar-refractivity contribution is 5.84. The van der Waals surface area contributed by atoms with E-state index in [9.17, 15) is 9.59 Å². The maximum atomic E-state index is 13.1. The molecule has 2 aromatic carbocycles. The van der Waals surface area contributed by atoms with E-state index in [-0.39, 0.29) is 36.2 Å². The molecule has 2 amide bonds. The lowest BCUT2D eigenvalue weighted by Crippen LogP contribution is -2.46. The predicted molar refractivity (Wildman–Crippen MR) is 135 cm³/mol. The molecule has 0 bridgehead atoms. The molecule has 0 spiro atoms. The first-order chi connectivity index (χ1) is 16.4. The summed E-state index contributed by atoms with van der Waals surface area (Å²) in [5.74, 6) is 1.01. The fourth-order valence-corrected chi connectivity index (χ4v) is 4.04. The molecule has 4 N–H and O–H groups in total. The Kier molecular flexibility index (Phi) is 9.52. The average molecular weight is 466 g/mol. The van der Waals surface area contributed by atoms with Crippen LogP contribution in [0, 0.1) is 11.8 Å². The van der Waals surface area contributed by atoms with Crippen molar-refractivity contribution in [2.75, 3.05) is 13.2 Å². The molecule has 2 unspecified atom stereocenters. The summed E-state index contributed by atoms with van der Waals surface area (Å²) in [5, 5.41) is 6.07. The Morgan fingerprint density at radius 3 is 2.29 bits per heavy atom. The van der Waals surface area contributed by atoms with Crippen molar-refractivity contribution in [3.8, 4) is 5.75 Å². The molecule has 0 heterocycles. The van der Waals surface area contributed by atoms with Gasteiger partial charge in [0.2, 0.25) is 11.8 Å². The standard InChI is InChI=1S/C28H39N3O3/c1-4-8-19(2)18-34-24-15-13-22(14-16-24)25(17-30-28(33)26(29)23-11-12-23)31-27(32)20(3)21-9-6-5-7-10-21/h5-7,9-10,13-16,19-20,23,25-26H,4,8,11-12,17-18,29H2,1-3H3,(H,30,33)(H,31,32)/t19?,20?,25-,26+/m0/s1. The molecule has 6 heteroatoms. The largest absolute Gasteiger partial charge is 0.493 e. The molecule has 0 aliphatic heterocycles. The van der Waals surface area contributed by atoms with Gasteiger partial charge in [0.25, 0.3) is 0 Å². The summed E-state index contributed by atoms with van der Waals surface area (Å²) in [6.07, 6.45) is 4.28. The van der Waals surface area contributed by atoms with E-state index in [2.05, 4.69) is 24.5 Å². The SMILES string of the molecule is CCCC(C)COc1ccc([C@H](CNC(=O)[C@H](N)C2CC2)NC(=O)C(C)c2ccccc2)cc1. The van der Waals surface area contributed by atoms with Crippen LogP contribution in [0.25, 0.3) is 0 Å². The molecule has 3 rings (SSSR count). The van der Waals surface area contributed by atoms with Crippen molar-refractivity contribution >= 4 is 11.8 Å². The van der Waals surface area contributed by atoms with Gasteiger partial charge in [-0.25, -0.2) is 0 Å². The summed E-state index contributed by atoms with van der Waals surface area (Å²) < 4.78 is 5.92. The van der Waals surface area contributed by atoms with Crippen LogP contribution in [0.1, 0.15) is 69.5 Å². The number of nitrogens with two attached hydrogens (primary N) is 1. The van der Waals surface area contributed by atoms with Gasteiger partial charge in [-0.05, 0) is 61.3 Å². The predicted octanol–water partition coefficient (Wildman–Crippen LogP) is 4.32. The monoisotopic (exact) mass is 465 g/mol. The van der Waals surface area contributed by atoms with Gasteiger partial charge in [-0.15, -0.1) is 0 Å². The molecule has 1 aliphatic carbocycles. The van der Waals surface area contributed by atoms with E-state index in [0.29, 0.717) is 12.5 Å². The third kappa shape index (κ3) is 7.59. The zero-order valence-electron chi connectivity index (χ0n) is 20.6. The minimum absolute atomic E-state index is 0.0920. The molecule has 0 saturated heterocycles. The van der Waals surface area contributed by atoms with Crippen molar-refractivity contribution in [2.24, 2.45) is 17.6 Å². The first-order valence-electron chi connectivity index (χ1n) is 12.5. The van der Waals surface area contributed by atoms with Crippen LogP contribution in [0.15, 0.2) is 54.6 Å². The normalized spacial score (nSPS) is 16.7. The summed E-state index contributed by atoms with van der Waals surface area (Å²) in [6.45, 7) is 7.20. The topological polar surface area (TPSA) is 93.4 Å². The van der Waals surface area contributed by atoms with Crippen molar-refractivity contribution in [2.45, 2.75) is 64.5 Å². The van der Waals surface area contributed by atoms with E-state index in [0.717, 1.165) is 42.6 Å². The minimum Gasteiger partial charge on any atom is -0.493 e. The van der Waals surface area contributed by atoms with Crippen molar-refractivity contribution in [1.29, 1.82) is 0 Å². The van der Waals surface area contributed by atoms with Crippen LogP contribution < -0.4 is 21.1 Å². The van der Waals surface area contributed by atoms with E-state index < -0.39 is 6.04 Å². The second-order valence-corrected chi connectivity index (χ2v) is 9.58. The van der Waals surface area contributed by atoms with E-state index in [1.54, 1.807) is 0 Å². The van der Waals surface area contributed by atoms with Crippen molar-refractivity contribution < 1.29 is 14.3 Å². The Bertz CT molecular complexity index is 912. The first-order valence-corrected chi connectivity index (χ1v) is 12.5. The Balaban J connectivity index is 1.67. The zero-order chi connectivity index (χ0) is 24.5. The van der Waals surface area contributed by atoms with Crippen molar-refractivity contribution in [1.82, 2.24) is 10.6 Å². The van der Waals surface area contributed by atoms with Gasteiger partial charge in [-0.2, -0.15) is 0 Å². The van der Waals surface area contributed by atoms with Crippen LogP contribution in [-0.2, 0) is 9.59 Å². The molecule has 1 fully saturated rings. The quantitative estimate of drug-likeness (QED) is 0.411. The van der Waals surface area contributed by atoms with Gasteiger partial charge >= 0.3 is 0 Å². The number of benzene rings is 2. The van der Waals surface area contributed by atoms with Gasteiger partial charge in [0.1, 0.15) is 5.75 Å². The van der Waals surface area contributed by atoms with Crippen LogP contribution in [0.4, 0.5) is 0 Å².